The van der Waals surface area contributed by atoms with E-state index in [2.05, 4.69) is 10.1 Å². The summed E-state index contributed by atoms with van der Waals surface area (Å²) in [7, 11) is 3.36. The zero-order valence-electron chi connectivity index (χ0n) is 11.1. The van der Waals surface area contributed by atoms with Gasteiger partial charge in [-0.25, -0.2) is 4.68 Å². The number of hydrogen-bond donors (Lipinski definition) is 1. The first kappa shape index (κ1) is 13.2. The van der Waals surface area contributed by atoms with Crippen molar-refractivity contribution in [2.45, 2.75) is 13.0 Å². The lowest BCUT2D eigenvalue weighted by Crippen LogP contribution is -2.22. The Labute approximate surface area is 111 Å². The van der Waals surface area contributed by atoms with Crippen molar-refractivity contribution in [2.75, 3.05) is 14.1 Å². The van der Waals surface area contributed by atoms with Crippen LogP contribution in [-0.4, -0.2) is 44.8 Å². The molecule has 2 heterocycles. The second kappa shape index (κ2) is 5.19. The lowest BCUT2D eigenvalue weighted by molar-refractivity contribution is 0.0821. The van der Waals surface area contributed by atoms with Crippen LogP contribution in [0.3, 0.4) is 0 Å². The van der Waals surface area contributed by atoms with Crippen molar-refractivity contribution >= 4 is 5.91 Å². The molecule has 1 N–H and O–H groups in total. The smallest absolute Gasteiger partial charge is 0.273 e. The third-order valence-corrected chi connectivity index (χ3v) is 2.68. The molecule has 0 saturated carbocycles. The Balaban J connectivity index is 2.25. The van der Waals surface area contributed by atoms with Crippen LogP contribution in [0.2, 0.25) is 0 Å². The number of aromatic nitrogens is 3. The maximum atomic E-state index is 11.7. The Morgan fingerprint density at radius 2 is 2.11 bits per heavy atom. The number of pyridine rings is 1. The fourth-order valence-corrected chi connectivity index (χ4v) is 1.59. The molecule has 0 spiro atoms. The fourth-order valence-electron chi connectivity index (χ4n) is 1.59. The summed E-state index contributed by atoms with van der Waals surface area (Å²) in [6, 6.07) is 5.19. The summed E-state index contributed by atoms with van der Waals surface area (Å²) >= 11 is 0. The molecule has 1 amide bonds. The molecule has 2 aromatic rings. The normalized spacial score (nSPS) is 12.2. The number of hydrogen-bond acceptors (Lipinski definition) is 4. The summed E-state index contributed by atoms with van der Waals surface area (Å²) < 4.78 is 1.58. The van der Waals surface area contributed by atoms with E-state index in [0.717, 1.165) is 5.69 Å². The average Bonchev–Trinajstić information content (AvgIpc) is 2.87. The molecule has 6 heteroatoms. The first-order valence-electron chi connectivity index (χ1n) is 5.90. The van der Waals surface area contributed by atoms with Gasteiger partial charge in [-0.1, -0.05) is 0 Å². The van der Waals surface area contributed by atoms with E-state index in [1.807, 2.05) is 0 Å². The predicted octanol–water partition coefficient (Wildman–Crippen LogP) is 1.02. The Hall–Kier alpha value is -2.21. The molecule has 2 rings (SSSR count). The molecule has 0 unspecified atom stereocenters. The molecule has 0 bridgehead atoms. The summed E-state index contributed by atoms with van der Waals surface area (Å²) in [4.78, 5) is 17.3. The van der Waals surface area contributed by atoms with Gasteiger partial charge in [0, 0.05) is 20.3 Å². The van der Waals surface area contributed by atoms with Crippen LogP contribution in [0.4, 0.5) is 0 Å². The minimum atomic E-state index is -0.599. The highest BCUT2D eigenvalue weighted by Crippen LogP contribution is 2.12. The van der Waals surface area contributed by atoms with Crippen LogP contribution in [0, 0.1) is 0 Å². The third kappa shape index (κ3) is 2.79. The van der Waals surface area contributed by atoms with E-state index in [9.17, 15) is 9.90 Å². The molecule has 1 atom stereocenters. The summed E-state index contributed by atoms with van der Waals surface area (Å²) in [5.74, 6) is -0.146. The molecule has 0 aliphatic carbocycles. The average molecular weight is 260 g/mol. The van der Waals surface area contributed by atoms with Crippen LogP contribution in [0.25, 0.3) is 5.69 Å². The molecule has 0 fully saturated rings. The van der Waals surface area contributed by atoms with Gasteiger partial charge in [0.2, 0.25) is 0 Å². The standard InChI is InChI=1S/C13H16N4O2/c1-9(18)11-5-4-10(8-14-11)17-7-6-12(15-17)13(19)16(2)3/h4-9,18H,1-3H3/t9-/m0/s1. The van der Waals surface area contributed by atoms with Gasteiger partial charge in [-0.15, -0.1) is 0 Å². The van der Waals surface area contributed by atoms with Crippen molar-refractivity contribution < 1.29 is 9.90 Å². The van der Waals surface area contributed by atoms with Gasteiger partial charge in [0.15, 0.2) is 5.69 Å². The van der Waals surface area contributed by atoms with Gasteiger partial charge in [-0.2, -0.15) is 5.10 Å². The Bertz CT molecular complexity index is 573. The second-order valence-electron chi connectivity index (χ2n) is 4.46. The highest BCUT2D eigenvalue weighted by molar-refractivity contribution is 5.91. The van der Waals surface area contributed by atoms with Crippen LogP contribution in [-0.2, 0) is 0 Å². The molecule has 2 aromatic heterocycles. The van der Waals surface area contributed by atoms with Crippen LogP contribution in [0.5, 0.6) is 0 Å². The zero-order valence-corrected chi connectivity index (χ0v) is 11.1. The third-order valence-electron chi connectivity index (χ3n) is 2.68. The predicted molar refractivity (Wildman–Crippen MR) is 70.0 cm³/mol. The Morgan fingerprint density at radius 1 is 1.37 bits per heavy atom. The number of carbonyl (C=O) groups is 1. The van der Waals surface area contributed by atoms with E-state index in [1.54, 1.807) is 56.3 Å². The molecule has 19 heavy (non-hydrogen) atoms. The lowest BCUT2D eigenvalue weighted by atomic mass is 10.2. The van der Waals surface area contributed by atoms with Gasteiger partial charge >= 0.3 is 0 Å². The molecular weight excluding hydrogens is 244 g/mol. The van der Waals surface area contributed by atoms with Gasteiger partial charge in [-0.05, 0) is 25.1 Å². The van der Waals surface area contributed by atoms with E-state index in [-0.39, 0.29) is 5.91 Å². The van der Waals surface area contributed by atoms with E-state index in [1.165, 1.54) is 4.90 Å². The summed E-state index contributed by atoms with van der Waals surface area (Å²) in [5.41, 5.74) is 1.72. The van der Waals surface area contributed by atoms with E-state index >= 15 is 0 Å². The Morgan fingerprint density at radius 3 is 2.63 bits per heavy atom. The molecule has 6 nitrogen and oxygen atoms in total. The lowest BCUT2D eigenvalue weighted by Gasteiger charge is -2.07. The monoisotopic (exact) mass is 260 g/mol. The largest absolute Gasteiger partial charge is 0.387 e. The van der Waals surface area contributed by atoms with E-state index in [0.29, 0.717) is 11.4 Å². The van der Waals surface area contributed by atoms with Gasteiger partial charge in [0.05, 0.1) is 23.7 Å². The van der Waals surface area contributed by atoms with Crippen LogP contribution in [0.15, 0.2) is 30.6 Å². The second-order valence-corrected chi connectivity index (χ2v) is 4.46. The SMILES string of the molecule is C[C@H](O)c1ccc(-n2ccc(C(=O)N(C)C)n2)cn1. The molecule has 0 saturated heterocycles. The van der Waals surface area contributed by atoms with Crippen LogP contribution in [0.1, 0.15) is 29.2 Å². The topological polar surface area (TPSA) is 71.2 Å². The van der Waals surface area contributed by atoms with Gasteiger partial charge in [0.25, 0.3) is 5.91 Å². The van der Waals surface area contributed by atoms with Crippen molar-refractivity contribution in [1.29, 1.82) is 0 Å². The fraction of sp³-hybridized carbons (Fsp3) is 0.308. The highest BCUT2D eigenvalue weighted by atomic mass is 16.3. The number of aliphatic hydroxyl groups excluding tert-OH is 1. The van der Waals surface area contributed by atoms with Crippen molar-refractivity contribution in [2.24, 2.45) is 0 Å². The van der Waals surface area contributed by atoms with Crippen molar-refractivity contribution in [3.8, 4) is 5.69 Å². The minimum absolute atomic E-state index is 0.146. The molecule has 0 aliphatic heterocycles. The number of amides is 1. The number of nitrogens with zero attached hydrogens (tertiary/aromatic N) is 4. The number of aliphatic hydroxyl groups is 1. The zero-order chi connectivity index (χ0) is 14.0. The first-order valence-corrected chi connectivity index (χ1v) is 5.90. The minimum Gasteiger partial charge on any atom is -0.387 e. The maximum absolute atomic E-state index is 11.7. The van der Waals surface area contributed by atoms with E-state index in [4.69, 9.17) is 0 Å². The summed E-state index contributed by atoms with van der Waals surface area (Å²) in [6.45, 7) is 1.66. The Kier molecular flexibility index (Phi) is 3.62. The van der Waals surface area contributed by atoms with Gasteiger partial charge in [-0.3, -0.25) is 9.78 Å². The summed E-state index contributed by atoms with van der Waals surface area (Å²) in [5, 5.41) is 13.6. The van der Waals surface area contributed by atoms with Gasteiger partial charge < -0.3 is 10.0 Å². The van der Waals surface area contributed by atoms with E-state index < -0.39 is 6.10 Å². The van der Waals surface area contributed by atoms with Crippen molar-refractivity contribution in [3.05, 3.63) is 42.0 Å². The quantitative estimate of drug-likeness (QED) is 0.894. The molecule has 0 radical (unpaired) electrons. The van der Waals surface area contributed by atoms with Crippen molar-refractivity contribution in [3.63, 3.8) is 0 Å². The highest BCUT2D eigenvalue weighted by Gasteiger charge is 2.12. The number of carbonyl (C=O) groups excluding carboxylic acids is 1. The van der Waals surface area contributed by atoms with Crippen LogP contribution >= 0.6 is 0 Å². The summed E-state index contributed by atoms with van der Waals surface area (Å²) in [6.07, 6.45) is 2.71. The number of rotatable bonds is 3. The molecule has 0 aliphatic rings. The first-order chi connectivity index (χ1) is 8.99. The molecular formula is C13H16N4O2. The molecule has 0 aromatic carbocycles. The van der Waals surface area contributed by atoms with Crippen molar-refractivity contribution in [1.82, 2.24) is 19.7 Å². The molecule has 100 valence electrons. The van der Waals surface area contributed by atoms with Gasteiger partial charge in [0.1, 0.15) is 0 Å². The van der Waals surface area contributed by atoms with Crippen LogP contribution < -0.4 is 0 Å². The maximum Gasteiger partial charge on any atom is 0.273 e.